The summed E-state index contributed by atoms with van der Waals surface area (Å²) in [4.78, 5) is 0. The van der Waals surface area contributed by atoms with E-state index >= 15 is 0 Å². The number of fused-ring (bicyclic) bond motifs is 2. The number of hydrogen-bond acceptors (Lipinski definition) is 2. The highest BCUT2D eigenvalue weighted by Gasteiger charge is 2.66. The number of aryl methyl sites for hydroxylation is 1. The lowest BCUT2D eigenvalue weighted by molar-refractivity contribution is -0.855. The Hall–Kier alpha value is -4.96. The molecule has 0 amide bonds. The van der Waals surface area contributed by atoms with Crippen LogP contribution < -0.4 is 9.47 Å². The highest BCUT2D eigenvalue weighted by atomic mass is 16.7. The van der Waals surface area contributed by atoms with Crippen LogP contribution in [0.3, 0.4) is 0 Å². The molecule has 0 radical (unpaired) electrons. The van der Waals surface area contributed by atoms with Crippen LogP contribution in [0.5, 0.6) is 11.5 Å². The van der Waals surface area contributed by atoms with Crippen LogP contribution >= 0.6 is 0 Å². The van der Waals surface area contributed by atoms with Crippen LogP contribution in [0.1, 0.15) is 16.7 Å². The van der Waals surface area contributed by atoms with Gasteiger partial charge in [0.1, 0.15) is 0 Å². The largest absolute Gasteiger partial charge is 0.714 e. The second-order valence-electron chi connectivity index (χ2n) is 9.51. The zero-order valence-electron chi connectivity index (χ0n) is 21.0. The van der Waals surface area contributed by atoms with E-state index in [-0.39, 0.29) is 0 Å². The molecule has 0 saturated carbocycles. The van der Waals surface area contributed by atoms with Crippen LogP contribution in [0.15, 0.2) is 127 Å². The van der Waals surface area contributed by atoms with E-state index in [0.29, 0.717) is 0 Å². The third-order valence-corrected chi connectivity index (χ3v) is 7.06. The van der Waals surface area contributed by atoms with Gasteiger partial charge in [0.2, 0.25) is 11.4 Å². The molecule has 0 fully saturated rings. The minimum Gasteiger partial charge on any atom is -0.340 e. The number of rotatable bonds is 3. The Kier molecular flexibility index (Phi) is 5.19. The quantitative estimate of drug-likeness (QED) is 0.246. The first kappa shape index (κ1) is 22.3. The van der Waals surface area contributed by atoms with Crippen LogP contribution in [0.25, 0.3) is 11.1 Å². The van der Waals surface area contributed by atoms with Gasteiger partial charge in [-0.1, -0.05) is 100 Å². The molecule has 0 N–H and O–H groups in total. The molecule has 0 unspecified atom stereocenters. The number of para-hydroxylation sites is 4. The maximum absolute atomic E-state index is 7.16. The standard InChI is InChI=1S/C34H26N2O2/c1-25-13-11-16-27-23-35(29-18-7-3-8-19-29)34(37-32(25)27)36(30-20-9-4-10-21-30)24-28-17-12-22-31(33(28)38-34)26-14-5-2-6-15-26/h2-24H,1H3/q+2/t34-/m0/s1. The van der Waals surface area contributed by atoms with Crippen molar-refractivity contribution in [2.24, 2.45) is 0 Å². The van der Waals surface area contributed by atoms with Gasteiger partial charge < -0.3 is 9.47 Å². The van der Waals surface area contributed by atoms with Gasteiger partial charge in [0.05, 0.1) is 11.1 Å². The highest BCUT2D eigenvalue weighted by Crippen LogP contribution is 2.44. The molecule has 5 aromatic carbocycles. The number of nitrogens with zero attached hydrogens (tertiary/aromatic N) is 2. The van der Waals surface area contributed by atoms with E-state index < -0.39 is 6.03 Å². The molecule has 2 aliphatic rings. The second-order valence-corrected chi connectivity index (χ2v) is 9.51. The van der Waals surface area contributed by atoms with Gasteiger partial charge in [0, 0.05) is 29.8 Å². The molecule has 0 bridgehead atoms. The van der Waals surface area contributed by atoms with Gasteiger partial charge in [-0.05, 0) is 30.2 Å². The molecular formula is C34H26N2O2+2. The molecule has 7 rings (SSSR count). The Morgan fingerprint density at radius 3 is 1.61 bits per heavy atom. The Balaban J connectivity index is 1.55. The van der Waals surface area contributed by atoms with Gasteiger partial charge in [-0.15, -0.1) is 0 Å². The van der Waals surface area contributed by atoms with E-state index in [1.807, 2.05) is 54.6 Å². The van der Waals surface area contributed by atoms with E-state index in [1.54, 1.807) is 0 Å². The van der Waals surface area contributed by atoms with Gasteiger partial charge in [-0.25, -0.2) is 0 Å². The van der Waals surface area contributed by atoms with E-state index in [0.717, 1.165) is 50.7 Å². The fourth-order valence-corrected chi connectivity index (χ4v) is 5.23. The fourth-order valence-electron chi connectivity index (χ4n) is 5.23. The summed E-state index contributed by atoms with van der Waals surface area (Å²) in [5.41, 5.74) is 7.03. The zero-order chi connectivity index (χ0) is 25.5. The molecule has 5 aromatic rings. The third-order valence-electron chi connectivity index (χ3n) is 7.06. The molecule has 1 spiro atoms. The summed E-state index contributed by atoms with van der Waals surface area (Å²) in [6, 6.07) is 41.9. The molecule has 4 heteroatoms. The summed E-state index contributed by atoms with van der Waals surface area (Å²) in [5, 5.41) is 0. The first-order valence-electron chi connectivity index (χ1n) is 12.8. The Bertz CT molecular complexity index is 1710. The van der Waals surface area contributed by atoms with Crippen molar-refractivity contribution in [3.8, 4) is 22.6 Å². The lowest BCUT2D eigenvalue weighted by Crippen LogP contribution is -2.62. The first-order chi connectivity index (χ1) is 18.7. The van der Waals surface area contributed by atoms with Crippen molar-refractivity contribution in [1.82, 2.24) is 0 Å². The lowest BCUT2D eigenvalue weighted by atomic mass is 10.0. The molecule has 182 valence electrons. The van der Waals surface area contributed by atoms with Crippen molar-refractivity contribution in [3.63, 3.8) is 0 Å². The van der Waals surface area contributed by atoms with Crippen LogP contribution in [0.2, 0.25) is 0 Å². The predicted octanol–water partition coefficient (Wildman–Crippen LogP) is 7.28. The van der Waals surface area contributed by atoms with Gasteiger partial charge in [0.25, 0.3) is 0 Å². The van der Waals surface area contributed by atoms with Crippen molar-refractivity contribution in [2.75, 3.05) is 0 Å². The highest BCUT2D eigenvalue weighted by molar-refractivity contribution is 5.88. The summed E-state index contributed by atoms with van der Waals surface area (Å²) < 4.78 is 18.4. The summed E-state index contributed by atoms with van der Waals surface area (Å²) in [6.07, 6.45) is 4.26. The maximum Gasteiger partial charge on any atom is 0.714 e. The van der Waals surface area contributed by atoms with Crippen LogP contribution in [-0.2, 0) is 0 Å². The van der Waals surface area contributed by atoms with Crippen molar-refractivity contribution >= 4 is 23.8 Å². The van der Waals surface area contributed by atoms with Gasteiger partial charge in [-0.2, -0.15) is 0 Å². The Morgan fingerprint density at radius 1 is 0.500 bits per heavy atom. The van der Waals surface area contributed by atoms with Crippen LogP contribution in [0.4, 0.5) is 11.4 Å². The van der Waals surface area contributed by atoms with Crippen molar-refractivity contribution in [1.29, 1.82) is 0 Å². The number of benzene rings is 5. The molecule has 0 aromatic heterocycles. The molecule has 2 aliphatic heterocycles. The maximum atomic E-state index is 7.16. The average molecular weight is 495 g/mol. The molecule has 2 heterocycles. The summed E-state index contributed by atoms with van der Waals surface area (Å²) in [6.45, 7) is 2.07. The molecule has 1 atom stereocenters. The SMILES string of the molecule is Cc1cccc2c1O[C@]1(Oc3c(cccc3-c3ccccc3)C=[N+]1c1ccccc1)[N+](c1ccccc1)=C2. The zero-order valence-corrected chi connectivity index (χ0v) is 21.0. The van der Waals surface area contributed by atoms with Gasteiger partial charge in [0.15, 0.2) is 23.9 Å². The number of hydrogen-bond donors (Lipinski definition) is 0. The Labute approximate surface area is 222 Å². The first-order valence-corrected chi connectivity index (χ1v) is 12.8. The number of ether oxygens (including phenoxy) is 2. The van der Waals surface area contributed by atoms with Crippen molar-refractivity contribution < 1.29 is 18.6 Å². The van der Waals surface area contributed by atoms with Crippen LogP contribution in [0, 0.1) is 6.92 Å². The normalized spacial score (nSPS) is 17.4. The molecule has 4 nitrogen and oxygen atoms in total. The van der Waals surface area contributed by atoms with E-state index in [2.05, 4.69) is 101 Å². The Morgan fingerprint density at radius 2 is 1.00 bits per heavy atom. The average Bonchev–Trinajstić information content (AvgIpc) is 2.98. The van der Waals surface area contributed by atoms with Gasteiger partial charge >= 0.3 is 6.03 Å². The van der Waals surface area contributed by atoms with Crippen molar-refractivity contribution in [2.45, 2.75) is 13.0 Å². The van der Waals surface area contributed by atoms with Crippen molar-refractivity contribution in [3.05, 3.63) is 144 Å². The predicted molar refractivity (Wildman–Crippen MR) is 150 cm³/mol. The minimum absolute atomic E-state index is 0.775. The minimum atomic E-state index is -1.35. The van der Waals surface area contributed by atoms with E-state index in [1.165, 1.54) is 0 Å². The lowest BCUT2D eigenvalue weighted by Gasteiger charge is -2.32. The second kappa shape index (κ2) is 8.86. The fraction of sp³-hybridized carbons (Fsp3) is 0.0588. The molecule has 0 aliphatic carbocycles. The summed E-state index contributed by atoms with van der Waals surface area (Å²) >= 11 is 0. The topological polar surface area (TPSA) is 24.5 Å². The molecule has 0 saturated heterocycles. The smallest absolute Gasteiger partial charge is 0.340 e. The monoisotopic (exact) mass is 494 g/mol. The van der Waals surface area contributed by atoms with E-state index in [9.17, 15) is 0 Å². The summed E-state index contributed by atoms with van der Waals surface area (Å²) in [7, 11) is 0. The third kappa shape index (κ3) is 3.53. The summed E-state index contributed by atoms with van der Waals surface area (Å²) in [5.74, 6) is 1.58. The molecule has 38 heavy (non-hydrogen) atoms. The van der Waals surface area contributed by atoms with Gasteiger partial charge in [-0.3, -0.25) is 0 Å². The van der Waals surface area contributed by atoms with E-state index in [4.69, 9.17) is 9.47 Å². The molecular weight excluding hydrogens is 468 g/mol. The van der Waals surface area contributed by atoms with Crippen LogP contribution in [-0.4, -0.2) is 27.6 Å².